The van der Waals surface area contributed by atoms with Gasteiger partial charge in [0, 0.05) is 0 Å². The molecule has 0 aromatic heterocycles. The maximum absolute atomic E-state index is 14.3. The molecule has 5 heteroatoms. The molecule has 0 spiro atoms. The zero-order valence-corrected chi connectivity index (χ0v) is 18.1. The van der Waals surface area contributed by atoms with Crippen molar-refractivity contribution in [2.45, 2.75) is 90.8 Å². The van der Waals surface area contributed by atoms with Crippen molar-refractivity contribution in [1.82, 2.24) is 0 Å². The van der Waals surface area contributed by atoms with E-state index in [1.54, 1.807) is 0 Å². The van der Waals surface area contributed by atoms with Crippen LogP contribution in [0.1, 0.15) is 78.6 Å². The molecule has 2 rings (SSSR count). The molecule has 0 aromatic carbocycles. The van der Waals surface area contributed by atoms with Gasteiger partial charge in [-0.15, -0.1) is 0 Å². The van der Waals surface area contributed by atoms with E-state index in [0.717, 1.165) is 32.3 Å². The Bertz CT molecular complexity index is 528. The van der Waals surface area contributed by atoms with Crippen molar-refractivity contribution in [2.75, 3.05) is 20.3 Å². The Hall–Kier alpha value is -0.940. The number of hydrogen-bond donors (Lipinski definition) is 0. The molecule has 0 radical (unpaired) electrons. The Morgan fingerprint density at radius 2 is 1.64 bits per heavy atom. The number of hydrogen-bond acceptors (Lipinski definition) is 3. The first-order valence-corrected chi connectivity index (χ1v) is 11.0. The van der Waals surface area contributed by atoms with Gasteiger partial charge in [-0.3, -0.25) is 0 Å². The molecule has 0 N–H and O–H groups in total. The fraction of sp³-hybridized carbons (Fsp3) is 0.826. The minimum absolute atomic E-state index is 0.0418. The summed E-state index contributed by atoms with van der Waals surface area (Å²) in [5, 5.41) is 0. The van der Waals surface area contributed by atoms with Crippen molar-refractivity contribution >= 4 is 0 Å². The lowest BCUT2D eigenvalue weighted by Crippen LogP contribution is -2.33. The standard InChI is InChI=1S/C23H38F2O3/c1-5-7-20-13-10-19(15-28-20)18-8-11-21(12-9-18)27-14-17(6-2)23(25)22(24)16(3)26-4/h18-21H,5-15H2,1-4H3/b22-16-,23-17-. The molecule has 0 aromatic rings. The summed E-state index contributed by atoms with van der Waals surface area (Å²) in [6.07, 6.45) is 10.1. The molecule has 1 aliphatic carbocycles. The molecule has 0 bridgehead atoms. The molecule has 2 unspecified atom stereocenters. The second-order valence-corrected chi connectivity index (χ2v) is 8.27. The molecular formula is C23H38F2O3. The third kappa shape index (κ3) is 6.55. The Morgan fingerprint density at radius 3 is 2.18 bits per heavy atom. The van der Waals surface area contributed by atoms with Crippen LogP contribution in [0, 0.1) is 11.8 Å². The summed E-state index contributed by atoms with van der Waals surface area (Å²) in [6, 6.07) is 0. The van der Waals surface area contributed by atoms with Gasteiger partial charge in [0.25, 0.3) is 0 Å². The molecule has 28 heavy (non-hydrogen) atoms. The van der Waals surface area contributed by atoms with Crippen LogP contribution in [0.5, 0.6) is 0 Å². The van der Waals surface area contributed by atoms with Gasteiger partial charge in [0.05, 0.1) is 32.5 Å². The van der Waals surface area contributed by atoms with Gasteiger partial charge in [0.2, 0.25) is 0 Å². The first-order valence-electron chi connectivity index (χ1n) is 11.0. The van der Waals surface area contributed by atoms with Crippen molar-refractivity contribution in [2.24, 2.45) is 11.8 Å². The lowest BCUT2D eigenvalue weighted by Gasteiger charge is -2.37. The number of halogens is 2. The van der Waals surface area contributed by atoms with E-state index in [1.807, 2.05) is 6.92 Å². The summed E-state index contributed by atoms with van der Waals surface area (Å²) >= 11 is 0. The highest BCUT2D eigenvalue weighted by molar-refractivity contribution is 5.27. The lowest BCUT2D eigenvalue weighted by atomic mass is 9.76. The Morgan fingerprint density at radius 1 is 0.964 bits per heavy atom. The van der Waals surface area contributed by atoms with E-state index in [2.05, 4.69) is 6.92 Å². The smallest absolute Gasteiger partial charge is 0.196 e. The van der Waals surface area contributed by atoms with Gasteiger partial charge in [-0.1, -0.05) is 20.3 Å². The average Bonchev–Trinajstić information content (AvgIpc) is 2.74. The fourth-order valence-corrected chi connectivity index (χ4v) is 4.41. The van der Waals surface area contributed by atoms with Crippen LogP contribution in [-0.2, 0) is 14.2 Å². The molecular weight excluding hydrogens is 362 g/mol. The van der Waals surface area contributed by atoms with E-state index in [1.165, 1.54) is 39.7 Å². The maximum Gasteiger partial charge on any atom is 0.196 e. The van der Waals surface area contributed by atoms with Crippen molar-refractivity contribution in [3.8, 4) is 0 Å². The molecule has 162 valence electrons. The fourth-order valence-electron chi connectivity index (χ4n) is 4.41. The van der Waals surface area contributed by atoms with E-state index < -0.39 is 11.7 Å². The van der Waals surface area contributed by atoms with E-state index >= 15 is 0 Å². The van der Waals surface area contributed by atoms with Crippen molar-refractivity contribution in [3.63, 3.8) is 0 Å². The average molecular weight is 401 g/mol. The summed E-state index contributed by atoms with van der Waals surface area (Å²) in [6.45, 7) is 6.50. The Labute approximate surface area is 169 Å². The first kappa shape index (κ1) is 23.3. The van der Waals surface area contributed by atoms with Crippen LogP contribution >= 0.6 is 0 Å². The second kappa shape index (κ2) is 11.9. The number of methoxy groups -OCH3 is 1. The van der Waals surface area contributed by atoms with Crippen LogP contribution in [0.25, 0.3) is 0 Å². The van der Waals surface area contributed by atoms with Crippen LogP contribution in [0.4, 0.5) is 8.78 Å². The highest BCUT2D eigenvalue weighted by Crippen LogP contribution is 2.37. The van der Waals surface area contributed by atoms with Gasteiger partial charge < -0.3 is 14.2 Å². The monoisotopic (exact) mass is 400 g/mol. The van der Waals surface area contributed by atoms with Gasteiger partial charge in [-0.2, -0.15) is 0 Å². The predicted octanol–water partition coefficient (Wildman–Crippen LogP) is 6.64. The van der Waals surface area contributed by atoms with Crippen LogP contribution in [0.2, 0.25) is 0 Å². The van der Waals surface area contributed by atoms with Crippen molar-refractivity contribution < 1.29 is 23.0 Å². The summed E-state index contributed by atoms with van der Waals surface area (Å²) in [5.41, 5.74) is 0.360. The highest BCUT2D eigenvalue weighted by atomic mass is 19.2. The third-order valence-electron chi connectivity index (χ3n) is 6.44. The quantitative estimate of drug-likeness (QED) is 0.321. The van der Waals surface area contributed by atoms with E-state index in [4.69, 9.17) is 14.2 Å². The molecule has 1 aliphatic heterocycles. The molecule has 2 atom stereocenters. The molecule has 1 saturated carbocycles. The summed E-state index contributed by atoms with van der Waals surface area (Å²) in [4.78, 5) is 0. The number of rotatable bonds is 9. The van der Waals surface area contributed by atoms with Gasteiger partial charge in [0.1, 0.15) is 5.76 Å². The van der Waals surface area contributed by atoms with E-state index in [-0.39, 0.29) is 18.5 Å². The second-order valence-electron chi connectivity index (χ2n) is 8.27. The Kier molecular flexibility index (Phi) is 9.93. The molecule has 1 saturated heterocycles. The molecule has 2 fully saturated rings. The predicted molar refractivity (Wildman–Crippen MR) is 108 cm³/mol. The van der Waals surface area contributed by atoms with Crippen LogP contribution in [0.3, 0.4) is 0 Å². The molecule has 0 amide bonds. The summed E-state index contributed by atoms with van der Waals surface area (Å²) < 4.78 is 45.1. The normalized spacial score (nSPS) is 30.5. The largest absolute Gasteiger partial charge is 0.498 e. The van der Waals surface area contributed by atoms with E-state index in [0.29, 0.717) is 29.9 Å². The first-order chi connectivity index (χ1) is 13.5. The highest BCUT2D eigenvalue weighted by Gasteiger charge is 2.31. The van der Waals surface area contributed by atoms with Crippen LogP contribution in [0.15, 0.2) is 23.0 Å². The van der Waals surface area contributed by atoms with Crippen molar-refractivity contribution in [1.29, 1.82) is 0 Å². The van der Waals surface area contributed by atoms with Crippen LogP contribution < -0.4 is 0 Å². The summed E-state index contributed by atoms with van der Waals surface area (Å²) in [7, 11) is 1.34. The Balaban J connectivity index is 1.78. The minimum Gasteiger partial charge on any atom is -0.498 e. The molecule has 1 heterocycles. The van der Waals surface area contributed by atoms with Crippen molar-refractivity contribution in [3.05, 3.63) is 23.0 Å². The van der Waals surface area contributed by atoms with Gasteiger partial charge in [-0.25, -0.2) is 8.78 Å². The molecule has 2 aliphatic rings. The minimum atomic E-state index is -0.926. The van der Waals surface area contributed by atoms with E-state index in [9.17, 15) is 8.78 Å². The number of allylic oxidation sites excluding steroid dienone is 3. The SMILES string of the molecule is CCCC1CCC(C2CCC(OC/C(CC)=C(F)/C(F)=C(\C)OC)CC2)CO1. The zero-order valence-electron chi connectivity index (χ0n) is 18.1. The van der Waals surface area contributed by atoms with Gasteiger partial charge in [-0.05, 0) is 75.7 Å². The topological polar surface area (TPSA) is 27.7 Å². The number of ether oxygens (including phenoxy) is 3. The zero-order chi connectivity index (χ0) is 20.5. The van der Waals surface area contributed by atoms with Gasteiger partial charge in [0.15, 0.2) is 11.7 Å². The third-order valence-corrected chi connectivity index (χ3v) is 6.44. The van der Waals surface area contributed by atoms with Crippen LogP contribution in [-0.4, -0.2) is 32.5 Å². The molecule has 3 nitrogen and oxygen atoms in total. The summed E-state index contributed by atoms with van der Waals surface area (Å²) in [5.74, 6) is -0.416. The van der Waals surface area contributed by atoms with Gasteiger partial charge >= 0.3 is 0 Å². The maximum atomic E-state index is 14.3. The lowest BCUT2D eigenvalue weighted by molar-refractivity contribution is -0.0504.